The first-order valence-electron chi connectivity index (χ1n) is 15.0. The summed E-state index contributed by atoms with van der Waals surface area (Å²) < 4.78 is 1.77. The van der Waals surface area contributed by atoms with Crippen LogP contribution in [0.5, 0.6) is 0 Å². The minimum atomic E-state index is -0.343. The molecule has 0 aliphatic carbocycles. The van der Waals surface area contributed by atoms with Gasteiger partial charge in [-0.3, -0.25) is 10.3 Å². The van der Waals surface area contributed by atoms with Crippen LogP contribution < -0.4 is 16.4 Å². The van der Waals surface area contributed by atoms with E-state index in [9.17, 15) is 4.79 Å². The Morgan fingerprint density at radius 2 is 1.72 bits per heavy atom. The van der Waals surface area contributed by atoms with Gasteiger partial charge in [0, 0.05) is 11.3 Å². The highest BCUT2D eigenvalue weighted by molar-refractivity contribution is 6.09. The van der Waals surface area contributed by atoms with Crippen molar-refractivity contribution in [1.29, 1.82) is 0 Å². The van der Waals surface area contributed by atoms with E-state index < -0.39 is 0 Å². The van der Waals surface area contributed by atoms with Gasteiger partial charge in [-0.25, -0.2) is 19.4 Å². The summed E-state index contributed by atoms with van der Waals surface area (Å²) in [7, 11) is 0. The maximum absolute atomic E-state index is 12.6. The smallest absolute Gasteiger partial charge is 0.324 e. The molecule has 0 bridgehead atoms. The molecule has 4 heterocycles. The molecule has 0 saturated carbocycles. The second-order valence-corrected chi connectivity index (χ2v) is 12.3. The summed E-state index contributed by atoms with van der Waals surface area (Å²) in [4.78, 5) is 28.3. The number of amidine groups is 1. The largest absolute Gasteiger partial charge is 0.383 e. The van der Waals surface area contributed by atoms with Crippen molar-refractivity contribution in [3.8, 4) is 16.9 Å². The molecule has 2 aromatic heterocycles. The van der Waals surface area contributed by atoms with Gasteiger partial charge < -0.3 is 16.0 Å². The summed E-state index contributed by atoms with van der Waals surface area (Å²) in [6.07, 6.45) is 5.76. The van der Waals surface area contributed by atoms with Crippen LogP contribution in [0.2, 0.25) is 0 Å². The number of hydrogen-bond acceptors (Lipinski definition) is 7. The molecule has 0 atom stereocenters. The van der Waals surface area contributed by atoms with Crippen molar-refractivity contribution in [1.82, 2.24) is 30.0 Å². The third kappa shape index (κ3) is 6.01. The highest BCUT2D eigenvalue weighted by Crippen LogP contribution is 2.34. The predicted octanol–water partition coefficient (Wildman–Crippen LogP) is 5.77. The van der Waals surface area contributed by atoms with Crippen LogP contribution in [0.25, 0.3) is 28.0 Å². The van der Waals surface area contributed by atoms with Gasteiger partial charge in [0.2, 0.25) is 0 Å². The van der Waals surface area contributed by atoms with Crippen molar-refractivity contribution in [2.75, 3.05) is 37.2 Å². The number of likely N-dealkylation sites (tertiary alicyclic amines) is 1. The van der Waals surface area contributed by atoms with E-state index in [1.54, 1.807) is 4.68 Å². The number of rotatable bonds is 5. The van der Waals surface area contributed by atoms with Crippen LogP contribution in [0.4, 0.5) is 16.3 Å². The Bertz CT molecular complexity index is 1690. The van der Waals surface area contributed by atoms with Gasteiger partial charge in [-0.2, -0.15) is 5.10 Å². The molecule has 0 radical (unpaired) electrons. The number of hydrogen-bond donors (Lipinski definition) is 3. The molecule has 4 aromatic rings. The van der Waals surface area contributed by atoms with Crippen LogP contribution in [0.15, 0.2) is 71.5 Å². The third-order valence-corrected chi connectivity index (χ3v) is 8.49. The number of anilines is 2. The van der Waals surface area contributed by atoms with Crippen LogP contribution in [0.3, 0.4) is 0 Å². The van der Waals surface area contributed by atoms with E-state index in [4.69, 9.17) is 10.8 Å². The summed E-state index contributed by atoms with van der Waals surface area (Å²) in [6.45, 7) is 12.7. The first kappa shape index (κ1) is 28.5. The van der Waals surface area contributed by atoms with Gasteiger partial charge in [0.15, 0.2) is 5.65 Å². The highest BCUT2D eigenvalue weighted by Gasteiger charge is 2.23. The number of aliphatic imine (C=N–C) groups is 1. The molecule has 2 aliphatic heterocycles. The van der Waals surface area contributed by atoms with Gasteiger partial charge in [-0.15, -0.1) is 0 Å². The molecule has 43 heavy (non-hydrogen) atoms. The maximum Gasteiger partial charge on any atom is 0.324 e. The molecule has 2 aliphatic rings. The maximum atomic E-state index is 12.6. The Labute approximate surface area is 252 Å². The lowest BCUT2D eigenvalue weighted by Gasteiger charge is -2.31. The van der Waals surface area contributed by atoms with Gasteiger partial charge in [0.05, 0.1) is 17.6 Å². The third-order valence-electron chi connectivity index (χ3n) is 8.49. The first-order valence-corrected chi connectivity index (χ1v) is 15.0. The second kappa shape index (κ2) is 11.6. The van der Waals surface area contributed by atoms with Gasteiger partial charge in [0.1, 0.15) is 23.7 Å². The average Bonchev–Trinajstić information content (AvgIpc) is 3.64. The van der Waals surface area contributed by atoms with Crippen LogP contribution in [-0.4, -0.2) is 62.7 Å². The Balaban J connectivity index is 1.20. The molecule has 2 aromatic carbocycles. The quantitative estimate of drug-likeness (QED) is 0.276. The molecule has 0 unspecified atom stereocenters. The summed E-state index contributed by atoms with van der Waals surface area (Å²) in [5.41, 5.74) is 12.7. The van der Waals surface area contributed by atoms with E-state index in [0.29, 0.717) is 40.8 Å². The number of carbonyl (C=O) groups is 1. The summed E-state index contributed by atoms with van der Waals surface area (Å²) in [5, 5.41) is 11.4. The summed E-state index contributed by atoms with van der Waals surface area (Å²) in [5.74, 6) is 1.54. The van der Waals surface area contributed by atoms with Gasteiger partial charge >= 0.3 is 6.03 Å². The van der Waals surface area contributed by atoms with Crippen molar-refractivity contribution >= 4 is 34.4 Å². The SMILES string of the molecule is CCN1CCC(c2ccc(-c3nn(-c4ccc(NC(=O)NC5=NCC(C(C)(C)C)=C5)cc4)c4ncnc(N)c34)cc2)CC1. The fourth-order valence-electron chi connectivity index (χ4n) is 5.77. The van der Waals surface area contributed by atoms with Crippen molar-refractivity contribution < 1.29 is 4.79 Å². The summed E-state index contributed by atoms with van der Waals surface area (Å²) >= 11 is 0. The van der Waals surface area contributed by atoms with Crippen LogP contribution in [0, 0.1) is 5.41 Å². The predicted molar refractivity (Wildman–Crippen MR) is 173 cm³/mol. The van der Waals surface area contributed by atoms with Gasteiger partial charge in [-0.05, 0) is 85.3 Å². The normalized spacial score (nSPS) is 16.3. The molecular formula is C33H39N9O. The van der Waals surface area contributed by atoms with Crippen LogP contribution in [-0.2, 0) is 0 Å². The number of nitrogens with zero attached hydrogens (tertiary/aromatic N) is 6. The number of fused-ring (bicyclic) bond motifs is 1. The van der Waals surface area contributed by atoms with E-state index in [1.807, 2.05) is 30.3 Å². The lowest BCUT2D eigenvalue weighted by atomic mass is 9.87. The zero-order valence-electron chi connectivity index (χ0n) is 25.3. The molecular weight excluding hydrogens is 538 g/mol. The molecule has 222 valence electrons. The molecule has 10 nitrogen and oxygen atoms in total. The Hall–Kier alpha value is -4.57. The Kier molecular flexibility index (Phi) is 7.70. The van der Waals surface area contributed by atoms with Crippen molar-refractivity contribution in [3.63, 3.8) is 0 Å². The molecule has 1 saturated heterocycles. The van der Waals surface area contributed by atoms with E-state index in [2.05, 4.69) is 82.5 Å². The molecule has 1 fully saturated rings. The van der Waals surface area contributed by atoms with Crippen molar-refractivity contribution in [2.45, 2.75) is 46.5 Å². The number of benzene rings is 2. The lowest BCUT2D eigenvalue weighted by molar-refractivity contribution is 0.222. The number of urea groups is 1. The minimum absolute atomic E-state index is 0.0148. The Morgan fingerprint density at radius 3 is 2.37 bits per heavy atom. The van der Waals surface area contributed by atoms with E-state index >= 15 is 0 Å². The molecule has 10 heteroatoms. The number of nitrogens with one attached hydrogen (secondary N) is 2. The topological polar surface area (TPSA) is 126 Å². The monoisotopic (exact) mass is 577 g/mol. The van der Waals surface area contributed by atoms with Crippen LogP contribution >= 0.6 is 0 Å². The number of aromatic nitrogens is 4. The van der Waals surface area contributed by atoms with E-state index in [1.165, 1.54) is 30.3 Å². The molecule has 0 spiro atoms. The fourth-order valence-corrected chi connectivity index (χ4v) is 5.77. The zero-order valence-corrected chi connectivity index (χ0v) is 25.3. The minimum Gasteiger partial charge on any atom is -0.383 e. The zero-order chi connectivity index (χ0) is 30.1. The molecule has 4 N–H and O–H groups in total. The van der Waals surface area contributed by atoms with E-state index in [-0.39, 0.29) is 11.4 Å². The second-order valence-electron chi connectivity index (χ2n) is 12.3. The van der Waals surface area contributed by atoms with Crippen molar-refractivity contribution in [3.05, 3.63) is 72.1 Å². The number of nitrogen functional groups attached to an aromatic ring is 1. The number of nitrogens with two attached hydrogens (primary N) is 1. The van der Waals surface area contributed by atoms with Gasteiger partial charge in [0.25, 0.3) is 0 Å². The van der Waals surface area contributed by atoms with Crippen molar-refractivity contribution in [2.24, 2.45) is 10.4 Å². The standard InChI is InChI=1S/C33H39N9O/c1-5-41-16-14-22(15-17-41)21-6-8-23(9-7-21)29-28-30(34)36-20-37-31(28)42(40-29)26-12-10-25(11-13-26)38-32(43)39-27-18-24(19-35-27)33(2,3)4/h6-13,18,20,22H,5,14-17,19H2,1-4H3,(H2,34,36,37)(H2,35,38,39,43). The van der Waals surface area contributed by atoms with Gasteiger partial charge in [-0.1, -0.05) is 52.0 Å². The molecule has 6 rings (SSSR count). The average molecular weight is 578 g/mol. The number of piperidine rings is 1. The lowest BCUT2D eigenvalue weighted by Crippen LogP contribution is -2.32. The number of amides is 2. The first-order chi connectivity index (χ1) is 20.7. The number of carbonyl (C=O) groups excluding carboxylic acids is 1. The van der Waals surface area contributed by atoms with E-state index in [0.717, 1.165) is 36.6 Å². The summed E-state index contributed by atoms with van der Waals surface area (Å²) in [6, 6.07) is 15.8. The Morgan fingerprint density at radius 1 is 1.00 bits per heavy atom. The highest BCUT2D eigenvalue weighted by atomic mass is 16.2. The van der Waals surface area contributed by atoms with Crippen LogP contribution in [0.1, 0.15) is 52.0 Å². The fraction of sp³-hybridized carbons (Fsp3) is 0.364. The molecule has 2 amide bonds.